The second-order valence-electron chi connectivity index (χ2n) is 6.12. The van der Waals surface area contributed by atoms with Gasteiger partial charge in [-0.1, -0.05) is 17.4 Å². The summed E-state index contributed by atoms with van der Waals surface area (Å²) in [5.74, 6) is -0.435. The minimum absolute atomic E-state index is 0.163. The van der Waals surface area contributed by atoms with Crippen LogP contribution in [0.3, 0.4) is 0 Å². The highest BCUT2D eigenvalue weighted by atomic mass is 32.1. The lowest BCUT2D eigenvalue weighted by Crippen LogP contribution is -2.39. The number of thiazole rings is 2. The number of hydrogen-bond acceptors (Lipinski definition) is 8. The first kappa shape index (κ1) is 19.0. The lowest BCUT2D eigenvalue weighted by atomic mass is 10.0. The third kappa shape index (κ3) is 3.19. The number of thiophene rings is 1. The maximum absolute atomic E-state index is 13.3. The van der Waals surface area contributed by atoms with E-state index in [-0.39, 0.29) is 12.2 Å². The van der Waals surface area contributed by atoms with E-state index in [4.69, 9.17) is 4.74 Å². The van der Waals surface area contributed by atoms with Gasteiger partial charge >= 0.3 is 5.97 Å². The van der Waals surface area contributed by atoms with Gasteiger partial charge in [0, 0.05) is 4.88 Å². The van der Waals surface area contributed by atoms with Gasteiger partial charge in [-0.05, 0) is 38.3 Å². The molecule has 3 aromatic rings. The van der Waals surface area contributed by atoms with Crippen molar-refractivity contribution in [1.29, 1.82) is 0 Å². The minimum atomic E-state index is -0.528. The van der Waals surface area contributed by atoms with E-state index >= 15 is 0 Å². The summed E-state index contributed by atoms with van der Waals surface area (Å²) in [4.78, 5) is 37.2. The van der Waals surface area contributed by atoms with Gasteiger partial charge in [0.05, 0.1) is 38.5 Å². The molecule has 0 saturated heterocycles. The van der Waals surface area contributed by atoms with E-state index in [1.54, 1.807) is 23.9 Å². The third-order valence-corrected chi connectivity index (χ3v) is 7.16. The van der Waals surface area contributed by atoms with E-state index in [1.165, 1.54) is 34.0 Å². The first-order valence-corrected chi connectivity index (χ1v) is 11.2. The van der Waals surface area contributed by atoms with Crippen LogP contribution >= 0.6 is 34.0 Å². The van der Waals surface area contributed by atoms with Crippen LogP contribution in [0.5, 0.6) is 0 Å². The lowest BCUT2D eigenvalue weighted by Gasteiger charge is -2.23. The number of esters is 1. The van der Waals surface area contributed by atoms with Gasteiger partial charge in [-0.25, -0.2) is 14.8 Å². The normalized spacial score (nSPS) is 16.8. The monoisotopic (exact) mass is 431 g/mol. The number of hydrogen-bond donors (Lipinski definition) is 0. The van der Waals surface area contributed by atoms with Gasteiger partial charge in [-0.2, -0.15) is 0 Å². The van der Waals surface area contributed by atoms with Crippen molar-refractivity contribution in [2.75, 3.05) is 6.61 Å². The predicted molar refractivity (Wildman–Crippen MR) is 112 cm³/mol. The molecule has 28 heavy (non-hydrogen) atoms. The van der Waals surface area contributed by atoms with E-state index in [0.717, 1.165) is 15.4 Å². The molecule has 9 heteroatoms. The molecular weight excluding hydrogens is 414 g/mol. The molecule has 0 spiro atoms. The number of nitrogens with zero attached hydrogens (tertiary/aromatic N) is 3. The number of aryl methyl sites for hydroxylation is 1. The van der Waals surface area contributed by atoms with Crippen LogP contribution in [0.1, 0.15) is 35.3 Å². The van der Waals surface area contributed by atoms with Gasteiger partial charge in [0.25, 0.3) is 5.56 Å². The SMILES string of the molecule is CCOC(=O)C1=C(C)N=c2s/c(=C/c3scnc3C)c(=O)n2[C@H]1c1cccs1. The molecule has 0 unspecified atom stereocenters. The van der Waals surface area contributed by atoms with Crippen LogP contribution in [0.25, 0.3) is 6.08 Å². The van der Waals surface area contributed by atoms with Gasteiger partial charge in [-0.15, -0.1) is 22.7 Å². The average molecular weight is 432 g/mol. The second-order valence-corrected chi connectivity index (χ2v) is 8.99. The fraction of sp³-hybridized carbons (Fsp3) is 0.263. The molecular formula is C19H17N3O3S3. The van der Waals surface area contributed by atoms with Crippen molar-refractivity contribution >= 4 is 46.1 Å². The number of carbonyl (C=O) groups excluding carboxylic acids is 1. The van der Waals surface area contributed by atoms with Crippen molar-refractivity contribution < 1.29 is 9.53 Å². The molecule has 0 radical (unpaired) electrons. The Labute approximate surface area is 172 Å². The molecule has 0 saturated carbocycles. The Morgan fingerprint density at radius 2 is 2.18 bits per heavy atom. The minimum Gasteiger partial charge on any atom is -0.463 e. The van der Waals surface area contributed by atoms with Crippen molar-refractivity contribution in [3.05, 3.63) is 69.4 Å². The highest BCUT2D eigenvalue weighted by Crippen LogP contribution is 2.33. The quantitative estimate of drug-likeness (QED) is 0.595. The summed E-state index contributed by atoms with van der Waals surface area (Å²) in [6.07, 6.45) is 1.85. The Morgan fingerprint density at radius 1 is 1.36 bits per heavy atom. The maximum Gasteiger partial charge on any atom is 0.338 e. The highest BCUT2D eigenvalue weighted by Gasteiger charge is 2.33. The first-order chi connectivity index (χ1) is 13.5. The first-order valence-electron chi connectivity index (χ1n) is 8.64. The van der Waals surface area contributed by atoms with Gasteiger partial charge in [-0.3, -0.25) is 9.36 Å². The summed E-state index contributed by atoms with van der Waals surface area (Å²) in [5, 5.41) is 1.93. The summed E-state index contributed by atoms with van der Waals surface area (Å²) in [5.41, 5.74) is 3.48. The van der Waals surface area contributed by atoms with Crippen LogP contribution in [0.15, 0.2) is 44.1 Å². The van der Waals surface area contributed by atoms with Gasteiger partial charge in [0.2, 0.25) is 0 Å². The molecule has 144 valence electrons. The van der Waals surface area contributed by atoms with Crippen LogP contribution in [0, 0.1) is 6.92 Å². The maximum atomic E-state index is 13.3. The number of fused-ring (bicyclic) bond motifs is 1. The van der Waals surface area contributed by atoms with E-state index in [0.29, 0.717) is 20.6 Å². The Kier molecular flexibility index (Phi) is 5.13. The largest absolute Gasteiger partial charge is 0.463 e. The van der Waals surface area contributed by atoms with E-state index in [9.17, 15) is 9.59 Å². The van der Waals surface area contributed by atoms with Gasteiger partial charge in [0.15, 0.2) is 4.80 Å². The molecule has 0 N–H and O–H groups in total. The average Bonchev–Trinajstić information content (AvgIpc) is 3.38. The van der Waals surface area contributed by atoms with Crippen molar-refractivity contribution in [2.45, 2.75) is 26.8 Å². The second kappa shape index (κ2) is 7.57. The van der Waals surface area contributed by atoms with Crippen molar-refractivity contribution in [3.63, 3.8) is 0 Å². The van der Waals surface area contributed by atoms with E-state index in [1.807, 2.05) is 30.5 Å². The van der Waals surface area contributed by atoms with Gasteiger partial charge < -0.3 is 4.74 Å². The zero-order chi connectivity index (χ0) is 19.8. The third-order valence-electron chi connectivity index (χ3n) is 4.37. The number of allylic oxidation sites excluding steroid dienone is 1. The predicted octanol–water partition coefficient (Wildman–Crippen LogP) is 2.62. The lowest BCUT2D eigenvalue weighted by molar-refractivity contribution is -0.139. The molecule has 4 heterocycles. The van der Waals surface area contributed by atoms with Crippen LogP contribution in [0.2, 0.25) is 0 Å². The van der Waals surface area contributed by atoms with Crippen LogP contribution in [-0.4, -0.2) is 22.1 Å². The molecule has 0 amide bonds. The number of rotatable bonds is 4. The Bertz CT molecular complexity index is 1250. The van der Waals surface area contributed by atoms with Crippen LogP contribution in [-0.2, 0) is 9.53 Å². The molecule has 3 aromatic heterocycles. The van der Waals surface area contributed by atoms with Crippen molar-refractivity contribution in [1.82, 2.24) is 9.55 Å². The Morgan fingerprint density at radius 3 is 2.82 bits per heavy atom. The van der Waals surface area contributed by atoms with Crippen LogP contribution in [0.4, 0.5) is 0 Å². The zero-order valence-electron chi connectivity index (χ0n) is 15.5. The van der Waals surface area contributed by atoms with E-state index in [2.05, 4.69) is 9.98 Å². The summed E-state index contributed by atoms with van der Waals surface area (Å²) >= 11 is 4.32. The van der Waals surface area contributed by atoms with Crippen molar-refractivity contribution in [3.8, 4) is 0 Å². The molecule has 0 bridgehead atoms. The standard InChI is InChI=1S/C19H17N3O3S3/c1-4-25-18(24)15-11(3)21-19-22(16(15)12-6-5-7-26-12)17(23)14(28-19)8-13-10(2)20-9-27-13/h5-9,16H,4H2,1-3H3/b14-8+/t16-/m0/s1. The number of ether oxygens (including phenoxy) is 1. The molecule has 0 aromatic carbocycles. The molecule has 4 rings (SSSR count). The highest BCUT2D eigenvalue weighted by molar-refractivity contribution is 7.11. The fourth-order valence-electron chi connectivity index (χ4n) is 3.08. The Balaban J connectivity index is 1.96. The molecule has 0 aliphatic carbocycles. The smallest absolute Gasteiger partial charge is 0.338 e. The number of carbonyl (C=O) groups is 1. The number of aromatic nitrogens is 2. The zero-order valence-corrected chi connectivity index (χ0v) is 17.9. The molecule has 1 aliphatic heterocycles. The topological polar surface area (TPSA) is 73.6 Å². The van der Waals surface area contributed by atoms with Crippen LogP contribution < -0.4 is 14.9 Å². The summed E-state index contributed by atoms with van der Waals surface area (Å²) in [7, 11) is 0. The summed E-state index contributed by atoms with van der Waals surface area (Å²) in [6, 6.07) is 3.31. The molecule has 1 aliphatic rings. The van der Waals surface area contributed by atoms with E-state index < -0.39 is 12.0 Å². The molecule has 1 atom stereocenters. The fourth-order valence-corrected chi connectivity index (χ4v) is 5.74. The molecule has 0 fully saturated rings. The molecule has 6 nitrogen and oxygen atoms in total. The summed E-state index contributed by atoms with van der Waals surface area (Å²) < 4.78 is 7.45. The Hall–Kier alpha value is -2.36. The summed E-state index contributed by atoms with van der Waals surface area (Å²) in [6.45, 7) is 5.73. The van der Waals surface area contributed by atoms with Gasteiger partial charge in [0.1, 0.15) is 6.04 Å². The van der Waals surface area contributed by atoms with Crippen molar-refractivity contribution in [2.24, 2.45) is 4.99 Å².